The molecular weight excluding hydrogens is 421 g/mol. The van der Waals surface area contributed by atoms with Gasteiger partial charge in [-0.3, -0.25) is 4.79 Å². The number of nitrogens with two attached hydrogens (primary N) is 1. The minimum atomic E-state index is -3.43. The molecule has 0 radical (unpaired) electrons. The van der Waals surface area contributed by atoms with Crippen LogP contribution in [0, 0.1) is 11.7 Å². The number of nitrogens with one attached hydrogen (secondary N) is 2. The van der Waals surface area contributed by atoms with Gasteiger partial charge in [-0.25, -0.2) is 17.6 Å². The van der Waals surface area contributed by atoms with Crippen LogP contribution in [-0.4, -0.2) is 32.7 Å². The molecule has 31 heavy (non-hydrogen) atoms. The lowest BCUT2D eigenvalue weighted by atomic mass is 9.85. The van der Waals surface area contributed by atoms with E-state index in [1.807, 2.05) is 0 Å². The summed E-state index contributed by atoms with van der Waals surface area (Å²) >= 11 is 0. The highest BCUT2D eigenvalue weighted by atomic mass is 32.2. The zero-order valence-electron chi connectivity index (χ0n) is 17.2. The summed E-state index contributed by atoms with van der Waals surface area (Å²) in [5.74, 6) is -0.817. The van der Waals surface area contributed by atoms with Gasteiger partial charge in [-0.05, 0) is 61.1 Å². The molecule has 0 spiro atoms. The summed E-state index contributed by atoms with van der Waals surface area (Å²) in [6.07, 6.45) is 3.60. The number of rotatable bonds is 6. The van der Waals surface area contributed by atoms with Crippen molar-refractivity contribution in [2.45, 2.75) is 42.7 Å². The lowest BCUT2D eigenvalue weighted by Gasteiger charge is -2.29. The molecular formula is C22H26FN3O4S. The van der Waals surface area contributed by atoms with Gasteiger partial charge in [0.2, 0.25) is 5.91 Å². The summed E-state index contributed by atoms with van der Waals surface area (Å²) in [7, 11) is -3.43. The third kappa shape index (κ3) is 6.04. The molecule has 0 bridgehead atoms. The first-order chi connectivity index (χ1) is 14.6. The van der Waals surface area contributed by atoms with E-state index in [1.165, 1.54) is 24.3 Å². The number of urea groups is 1. The Morgan fingerprint density at radius 1 is 1.03 bits per heavy atom. The van der Waals surface area contributed by atoms with Gasteiger partial charge in [0.25, 0.3) is 0 Å². The molecule has 1 unspecified atom stereocenters. The van der Waals surface area contributed by atoms with Crippen LogP contribution in [0.2, 0.25) is 0 Å². The number of hydrogen-bond acceptors (Lipinski definition) is 4. The zero-order valence-corrected chi connectivity index (χ0v) is 18.0. The molecule has 2 aromatic rings. The van der Waals surface area contributed by atoms with Crippen molar-refractivity contribution >= 4 is 21.8 Å². The van der Waals surface area contributed by atoms with Crippen LogP contribution in [0.4, 0.5) is 9.18 Å². The van der Waals surface area contributed by atoms with Gasteiger partial charge < -0.3 is 16.4 Å². The summed E-state index contributed by atoms with van der Waals surface area (Å²) in [6.45, 7) is 0. The molecule has 0 saturated heterocycles. The van der Waals surface area contributed by atoms with E-state index in [0.717, 1.165) is 6.26 Å². The highest BCUT2D eigenvalue weighted by molar-refractivity contribution is 7.90. The monoisotopic (exact) mass is 447 g/mol. The Bertz CT molecular complexity index is 1050. The van der Waals surface area contributed by atoms with Gasteiger partial charge in [-0.15, -0.1) is 0 Å². The van der Waals surface area contributed by atoms with E-state index in [4.69, 9.17) is 5.73 Å². The lowest BCUT2D eigenvalue weighted by molar-refractivity contribution is -0.126. The van der Waals surface area contributed by atoms with Crippen LogP contribution in [-0.2, 0) is 14.6 Å². The Kier molecular flexibility index (Phi) is 6.94. The van der Waals surface area contributed by atoms with Crippen LogP contribution in [0.3, 0.4) is 0 Å². The van der Waals surface area contributed by atoms with Gasteiger partial charge in [0, 0.05) is 18.2 Å². The number of carbonyl (C=O) groups is 2. The number of halogens is 1. The van der Waals surface area contributed by atoms with Gasteiger partial charge in [0.1, 0.15) is 5.82 Å². The van der Waals surface area contributed by atoms with E-state index in [0.29, 0.717) is 36.8 Å². The van der Waals surface area contributed by atoms with Crippen LogP contribution in [0.5, 0.6) is 0 Å². The van der Waals surface area contributed by atoms with Crippen molar-refractivity contribution in [2.24, 2.45) is 11.7 Å². The fourth-order valence-electron chi connectivity index (χ4n) is 3.90. The maximum Gasteiger partial charge on any atom is 0.312 e. The fourth-order valence-corrected chi connectivity index (χ4v) is 4.58. The highest BCUT2D eigenvalue weighted by Gasteiger charge is 2.29. The first-order valence-electron chi connectivity index (χ1n) is 10.1. The SMILES string of the molecule is CS(=O)(=O)c1cccc(C(NC(=O)C2CCC(NC(N)=O)CC2)c2ccc(F)cc2)c1. The van der Waals surface area contributed by atoms with E-state index >= 15 is 0 Å². The predicted molar refractivity (Wildman–Crippen MR) is 114 cm³/mol. The van der Waals surface area contributed by atoms with Crippen molar-refractivity contribution in [1.29, 1.82) is 0 Å². The topological polar surface area (TPSA) is 118 Å². The summed E-state index contributed by atoms with van der Waals surface area (Å²) in [5, 5.41) is 5.68. The van der Waals surface area contributed by atoms with Crippen molar-refractivity contribution in [2.75, 3.05) is 6.26 Å². The zero-order chi connectivity index (χ0) is 22.6. The molecule has 7 nitrogen and oxygen atoms in total. The number of amides is 3. The minimum Gasteiger partial charge on any atom is -0.352 e. The summed E-state index contributed by atoms with van der Waals surface area (Å²) < 4.78 is 37.4. The lowest BCUT2D eigenvalue weighted by Crippen LogP contribution is -2.43. The predicted octanol–water partition coefficient (Wildman–Crippen LogP) is 2.66. The molecule has 1 aliphatic carbocycles. The van der Waals surface area contributed by atoms with E-state index < -0.39 is 27.7 Å². The van der Waals surface area contributed by atoms with Crippen molar-refractivity contribution in [1.82, 2.24) is 10.6 Å². The average Bonchev–Trinajstić information content (AvgIpc) is 2.72. The smallest absolute Gasteiger partial charge is 0.312 e. The van der Waals surface area contributed by atoms with Crippen molar-refractivity contribution in [3.05, 3.63) is 65.5 Å². The van der Waals surface area contributed by atoms with Crippen LogP contribution >= 0.6 is 0 Å². The van der Waals surface area contributed by atoms with E-state index in [9.17, 15) is 22.4 Å². The second-order valence-electron chi connectivity index (χ2n) is 7.89. The molecule has 166 valence electrons. The van der Waals surface area contributed by atoms with Gasteiger partial charge in [-0.1, -0.05) is 24.3 Å². The molecule has 2 aromatic carbocycles. The summed E-state index contributed by atoms with van der Waals surface area (Å²) in [4.78, 5) is 24.2. The van der Waals surface area contributed by atoms with Crippen LogP contribution in [0.15, 0.2) is 53.4 Å². The van der Waals surface area contributed by atoms with Crippen LogP contribution in [0.1, 0.15) is 42.9 Å². The van der Waals surface area contributed by atoms with Gasteiger partial charge in [0.15, 0.2) is 9.84 Å². The average molecular weight is 448 g/mol. The fraction of sp³-hybridized carbons (Fsp3) is 0.364. The number of hydrogen-bond donors (Lipinski definition) is 3. The number of benzene rings is 2. The Balaban J connectivity index is 1.82. The minimum absolute atomic E-state index is 0.0408. The molecule has 0 aliphatic heterocycles. The molecule has 1 fully saturated rings. The van der Waals surface area contributed by atoms with E-state index in [2.05, 4.69) is 10.6 Å². The van der Waals surface area contributed by atoms with Gasteiger partial charge in [0.05, 0.1) is 10.9 Å². The maximum absolute atomic E-state index is 13.4. The van der Waals surface area contributed by atoms with Crippen molar-refractivity contribution in [3.63, 3.8) is 0 Å². The second kappa shape index (κ2) is 9.47. The maximum atomic E-state index is 13.4. The first-order valence-corrected chi connectivity index (χ1v) is 11.9. The van der Waals surface area contributed by atoms with Crippen LogP contribution in [0.25, 0.3) is 0 Å². The summed E-state index contributed by atoms with van der Waals surface area (Å²) in [6, 6.07) is 10.9. The molecule has 3 amide bonds. The Morgan fingerprint density at radius 3 is 2.26 bits per heavy atom. The second-order valence-corrected chi connectivity index (χ2v) is 9.91. The molecule has 1 atom stereocenters. The number of sulfone groups is 1. The van der Waals surface area contributed by atoms with Crippen LogP contribution < -0.4 is 16.4 Å². The van der Waals surface area contributed by atoms with E-state index in [1.54, 1.807) is 24.3 Å². The summed E-state index contributed by atoms with van der Waals surface area (Å²) in [5.41, 5.74) is 6.40. The highest BCUT2D eigenvalue weighted by Crippen LogP contribution is 2.28. The first kappa shape index (κ1) is 22.7. The Hall–Kier alpha value is -2.94. The molecule has 4 N–H and O–H groups in total. The Morgan fingerprint density at radius 2 is 1.68 bits per heavy atom. The largest absolute Gasteiger partial charge is 0.352 e. The normalized spacial score (nSPS) is 19.9. The van der Waals surface area contributed by atoms with Crippen molar-refractivity contribution in [3.8, 4) is 0 Å². The third-order valence-electron chi connectivity index (χ3n) is 5.55. The standard InChI is InChI=1S/C22H26FN3O4S/c1-31(29,30)19-4-2-3-16(13-19)20(14-5-9-17(23)10-6-14)26-21(27)15-7-11-18(12-8-15)25-22(24)28/h2-6,9-10,13,15,18,20H,7-8,11-12H2,1H3,(H,26,27)(H3,24,25,28). The van der Waals surface area contributed by atoms with E-state index in [-0.39, 0.29) is 22.8 Å². The molecule has 9 heteroatoms. The quantitative estimate of drug-likeness (QED) is 0.631. The van der Waals surface area contributed by atoms with Gasteiger partial charge in [-0.2, -0.15) is 0 Å². The molecule has 1 aliphatic rings. The molecule has 0 heterocycles. The molecule has 1 saturated carbocycles. The molecule has 0 aromatic heterocycles. The number of primary amides is 1. The van der Waals surface area contributed by atoms with Crippen molar-refractivity contribution < 1.29 is 22.4 Å². The molecule has 3 rings (SSSR count). The van der Waals surface area contributed by atoms with Gasteiger partial charge >= 0.3 is 6.03 Å². The number of carbonyl (C=O) groups excluding carboxylic acids is 2. The Labute approximate surface area is 181 Å². The third-order valence-corrected chi connectivity index (χ3v) is 6.66.